The van der Waals surface area contributed by atoms with E-state index >= 15 is 0 Å². The summed E-state index contributed by atoms with van der Waals surface area (Å²) in [7, 11) is 0. The first-order valence-electron chi connectivity index (χ1n) is 6.53. The van der Waals surface area contributed by atoms with Gasteiger partial charge in [-0.1, -0.05) is 0 Å². The Morgan fingerprint density at radius 2 is 2.24 bits per heavy atom. The third-order valence-corrected chi connectivity index (χ3v) is 5.46. The zero-order valence-corrected chi connectivity index (χ0v) is 11.7. The molecule has 0 aliphatic carbocycles. The van der Waals surface area contributed by atoms with Gasteiger partial charge in [-0.15, -0.1) is 11.3 Å². The van der Waals surface area contributed by atoms with E-state index in [1.807, 2.05) is 11.3 Å². The fourth-order valence-corrected chi connectivity index (χ4v) is 4.33. The van der Waals surface area contributed by atoms with Crippen molar-refractivity contribution < 1.29 is 0 Å². The lowest BCUT2D eigenvalue weighted by Gasteiger charge is -2.23. The number of likely N-dealkylation sites (tertiary alicyclic amines) is 1. The Morgan fingerprint density at radius 3 is 2.88 bits per heavy atom. The highest BCUT2D eigenvalue weighted by atomic mass is 32.1. The summed E-state index contributed by atoms with van der Waals surface area (Å²) >= 11 is 1.86. The van der Waals surface area contributed by atoms with Gasteiger partial charge in [-0.05, 0) is 45.7 Å². The molecule has 17 heavy (non-hydrogen) atoms. The average Bonchev–Trinajstić information content (AvgIpc) is 2.90. The van der Waals surface area contributed by atoms with Gasteiger partial charge in [0.1, 0.15) is 0 Å². The molecule has 3 heterocycles. The largest absolute Gasteiger partial charge is 0.316 e. The molecular weight excluding hydrogens is 230 g/mol. The molecule has 0 amide bonds. The van der Waals surface area contributed by atoms with Crippen LogP contribution in [0.2, 0.25) is 0 Å². The van der Waals surface area contributed by atoms with Crippen LogP contribution >= 0.6 is 11.3 Å². The molecule has 2 aliphatic rings. The Balaban J connectivity index is 1.72. The smallest absolute Gasteiger partial charge is 0.0900 e. The molecule has 1 aromatic rings. The van der Waals surface area contributed by atoms with E-state index in [1.165, 1.54) is 35.2 Å². The normalized spacial score (nSPS) is 33.2. The van der Waals surface area contributed by atoms with E-state index in [0.29, 0.717) is 0 Å². The zero-order valence-electron chi connectivity index (χ0n) is 10.9. The summed E-state index contributed by atoms with van der Waals surface area (Å²) in [5.41, 5.74) is 1.23. The third-order valence-electron chi connectivity index (χ3n) is 4.40. The van der Waals surface area contributed by atoms with Crippen molar-refractivity contribution in [2.24, 2.45) is 11.8 Å². The van der Waals surface area contributed by atoms with Gasteiger partial charge in [0, 0.05) is 24.0 Å². The van der Waals surface area contributed by atoms with Crippen LogP contribution in [-0.4, -0.2) is 35.6 Å². The fraction of sp³-hybridized carbons (Fsp3) is 0.769. The first-order chi connectivity index (χ1) is 8.15. The molecular formula is C13H21N3S. The van der Waals surface area contributed by atoms with Gasteiger partial charge in [-0.2, -0.15) is 0 Å². The second kappa shape index (κ2) is 4.34. The first-order valence-corrected chi connectivity index (χ1v) is 7.34. The lowest BCUT2D eigenvalue weighted by atomic mass is 9.95. The van der Waals surface area contributed by atoms with E-state index in [-0.39, 0.29) is 0 Å². The van der Waals surface area contributed by atoms with E-state index < -0.39 is 0 Å². The maximum Gasteiger partial charge on any atom is 0.0900 e. The lowest BCUT2D eigenvalue weighted by molar-refractivity contribution is 0.233. The van der Waals surface area contributed by atoms with Crippen LogP contribution in [0.1, 0.15) is 22.5 Å². The predicted molar refractivity (Wildman–Crippen MR) is 71.3 cm³/mol. The van der Waals surface area contributed by atoms with Crippen LogP contribution in [0.5, 0.6) is 0 Å². The van der Waals surface area contributed by atoms with Gasteiger partial charge in [0.25, 0.3) is 0 Å². The van der Waals surface area contributed by atoms with E-state index in [4.69, 9.17) is 0 Å². The van der Waals surface area contributed by atoms with Gasteiger partial charge in [0.2, 0.25) is 0 Å². The second-order valence-corrected chi connectivity index (χ2v) is 6.78. The number of nitrogens with one attached hydrogen (secondary N) is 1. The SMILES string of the molecule is Cc1nc(C)c(CN2CC3CNCC3C2C)s1. The van der Waals surface area contributed by atoms with Crippen molar-refractivity contribution in [3.8, 4) is 0 Å². The molecule has 0 aromatic carbocycles. The number of aromatic nitrogens is 1. The molecule has 0 radical (unpaired) electrons. The van der Waals surface area contributed by atoms with Crippen LogP contribution in [0.4, 0.5) is 0 Å². The van der Waals surface area contributed by atoms with Crippen molar-refractivity contribution in [1.82, 2.24) is 15.2 Å². The van der Waals surface area contributed by atoms with E-state index in [9.17, 15) is 0 Å². The van der Waals surface area contributed by atoms with Gasteiger partial charge in [-0.25, -0.2) is 4.98 Å². The molecule has 1 N–H and O–H groups in total. The maximum absolute atomic E-state index is 4.53. The molecule has 1 aromatic heterocycles. The van der Waals surface area contributed by atoms with Crippen molar-refractivity contribution in [1.29, 1.82) is 0 Å². The Morgan fingerprint density at radius 1 is 1.41 bits per heavy atom. The molecule has 94 valence electrons. The van der Waals surface area contributed by atoms with Crippen molar-refractivity contribution >= 4 is 11.3 Å². The highest BCUT2D eigenvalue weighted by molar-refractivity contribution is 7.11. The van der Waals surface area contributed by atoms with Crippen molar-refractivity contribution in [3.63, 3.8) is 0 Å². The van der Waals surface area contributed by atoms with Crippen molar-refractivity contribution in [2.75, 3.05) is 19.6 Å². The van der Waals surface area contributed by atoms with Crippen LogP contribution in [0.25, 0.3) is 0 Å². The molecule has 0 bridgehead atoms. The van der Waals surface area contributed by atoms with Gasteiger partial charge >= 0.3 is 0 Å². The van der Waals surface area contributed by atoms with Gasteiger partial charge in [0.05, 0.1) is 10.7 Å². The van der Waals surface area contributed by atoms with Crippen LogP contribution < -0.4 is 5.32 Å². The summed E-state index contributed by atoms with van der Waals surface area (Å²) in [5.74, 6) is 1.74. The average molecular weight is 251 g/mol. The monoisotopic (exact) mass is 251 g/mol. The molecule has 4 heteroatoms. The van der Waals surface area contributed by atoms with Crippen molar-refractivity contribution in [3.05, 3.63) is 15.6 Å². The standard InChI is InChI=1S/C13H21N3S/c1-8-13(17-10(3)15-8)7-16-6-11-4-14-5-12(11)9(16)2/h9,11-12,14H,4-7H2,1-3H3. The van der Waals surface area contributed by atoms with Crippen LogP contribution in [0.3, 0.4) is 0 Å². The number of hydrogen-bond acceptors (Lipinski definition) is 4. The van der Waals surface area contributed by atoms with Crippen molar-refractivity contribution in [2.45, 2.75) is 33.4 Å². The Kier molecular flexibility index (Phi) is 2.97. The molecule has 3 unspecified atom stereocenters. The third kappa shape index (κ3) is 2.02. The summed E-state index contributed by atoms with van der Waals surface area (Å²) in [6.45, 7) is 11.4. The minimum absolute atomic E-state index is 0.719. The molecule has 3 atom stereocenters. The summed E-state index contributed by atoms with van der Waals surface area (Å²) < 4.78 is 0. The van der Waals surface area contributed by atoms with Gasteiger partial charge < -0.3 is 5.32 Å². The van der Waals surface area contributed by atoms with Gasteiger partial charge in [0.15, 0.2) is 0 Å². The quantitative estimate of drug-likeness (QED) is 0.869. The van der Waals surface area contributed by atoms with E-state index in [1.54, 1.807) is 0 Å². The number of fused-ring (bicyclic) bond motifs is 1. The summed E-state index contributed by atoms with van der Waals surface area (Å²) in [5, 5.41) is 4.72. The highest BCUT2D eigenvalue weighted by Gasteiger charge is 2.41. The molecule has 2 saturated heterocycles. The number of aryl methyl sites for hydroxylation is 2. The summed E-state index contributed by atoms with van der Waals surface area (Å²) in [4.78, 5) is 8.64. The Labute approximate surface area is 107 Å². The Hall–Kier alpha value is -0.450. The number of nitrogens with zero attached hydrogens (tertiary/aromatic N) is 2. The fourth-order valence-electron chi connectivity index (χ4n) is 3.37. The Bertz CT molecular complexity index is 415. The minimum Gasteiger partial charge on any atom is -0.316 e. The molecule has 3 nitrogen and oxygen atoms in total. The van der Waals surface area contributed by atoms with E-state index in [2.05, 4.69) is 36.0 Å². The summed E-state index contributed by atoms with van der Waals surface area (Å²) in [6.07, 6.45) is 0. The van der Waals surface area contributed by atoms with Crippen LogP contribution in [0, 0.1) is 25.7 Å². The predicted octanol–water partition coefficient (Wildman–Crippen LogP) is 1.80. The highest BCUT2D eigenvalue weighted by Crippen LogP contribution is 2.34. The van der Waals surface area contributed by atoms with Gasteiger partial charge in [-0.3, -0.25) is 4.90 Å². The molecule has 0 saturated carbocycles. The van der Waals surface area contributed by atoms with Crippen LogP contribution in [0.15, 0.2) is 0 Å². The second-order valence-electron chi connectivity index (χ2n) is 5.49. The molecule has 2 fully saturated rings. The zero-order chi connectivity index (χ0) is 12.0. The first kappa shape index (κ1) is 11.6. The summed E-state index contributed by atoms with van der Waals surface area (Å²) in [6, 6.07) is 0.719. The number of hydrogen-bond donors (Lipinski definition) is 1. The topological polar surface area (TPSA) is 28.2 Å². The van der Waals surface area contributed by atoms with E-state index in [0.717, 1.165) is 24.4 Å². The molecule has 2 aliphatic heterocycles. The lowest BCUT2D eigenvalue weighted by Crippen LogP contribution is -2.32. The number of thiazole rings is 1. The minimum atomic E-state index is 0.719. The van der Waals surface area contributed by atoms with Crippen LogP contribution in [-0.2, 0) is 6.54 Å². The molecule has 3 rings (SSSR count). The molecule has 0 spiro atoms. The maximum atomic E-state index is 4.53. The number of rotatable bonds is 2.